The standard InChI is InChI=1S/C16H24B2N2O/c1-11(19(2)3)16(17,18)20-9-8-12-10-14(6-7-15(12)20)21-13-4-5-13/h6-11,13H,4-5,17-18H2,1-3H3/t11-/m1/s1. The van der Waals surface area contributed by atoms with Crippen LogP contribution in [-0.2, 0) is 5.34 Å². The van der Waals surface area contributed by atoms with Crippen LogP contribution >= 0.6 is 0 Å². The van der Waals surface area contributed by atoms with Gasteiger partial charge in [-0.2, -0.15) is 0 Å². The van der Waals surface area contributed by atoms with Gasteiger partial charge in [0.05, 0.1) is 6.10 Å². The Hall–Kier alpha value is -1.35. The summed E-state index contributed by atoms with van der Waals surface area (Å²) in [7, 11) is 8.87. The molecule has 21 heavy (non-hydrogen) atoms. The average Bonchev–Trinajstić information content (AvgIpc) is 3.13. The van der Waals surface area contributed by atoms with Crippen LogP contribution in [-0.4, -0.2) is 51.4 Å². The smallest absolute Gasteiger partial charge is 0.126 e. The Morgan fingerprint density at radius 2 is 2.00 bits per heavy atom. The molecular weight excluding hydrogens is 258 g/mol. The zero-order chi connectivity index (χ0) is 15.2. The molecule has 1 aliphatic rings. The maximum absolute atomic E-state index is 5.90. The van der Waals surface area contributed by atoms with Crippen LogP contribution in [0.5, 0.6) is 5.75 Å². The van der Waals surface area contributed by atoms with E-state index in [0.717, 1.165) is 5.75 Å². The van der Waals surface area contributed by atoms with Gasteiger partial charge in [-0.3, -0.25) is 0 Å². The van der Waals surface area contributed by atoms with Crippen molar-refractivity contribution in [1.29, 1.82) is 0 Å². The predicted molar refractivity (Wildman–Crippen MR) is 93.8 cm³/mol. The molecule has 0 radical (unpaired) electrons. The molecule has 1 fully saturated rings. The van der Waals surface area contributed by atoms with Crippen LogP contribution in [0.15, 0.2) is 30.5 Å². The summed E-state index contributed by atoms with van der Waals surface area (Å²) in [6.07, 6.45) is 5.06. The third-order valence-corrected chi connectivity index (χ3v) is 4.91. The minimum Gasteiger partial charge on any atom is -0.490 e. The second-order valence-electron chi connectivity index (χ2n) is 7.02. The molecular formula is C16H24B2N2O. The van der Waals surface area contributed by atoms with E-state index < -0.39 is 0 Å². The van der Waals surface area contributed by atoms with Crippen molar-refractivity contribution in [3.05, 3.63) is 30.5 Å². The molecule has 0 spiro atoms. The fourth-order valence-corrected chi connectivity index (χ4v) is 2.91. The molecule has 1 atom stereocenters. The van der Waals surface area contributed by atoms with Gasteiger partial charge >= 0.3 is 0 Å². The molecule has 1 aliphatic carbocycles. The molecule has 5 heteroatoms. The Morgan fingerprint density at radius 3 is 2.62 bits per heavy atom. The minimum atomic E-state index is 0.0319. The molecule has 0 unspecified atom stereocenters. The quantitative estimate of drug-likeness (QED) is 0.761. The fourth-order valence-electron chi connectivity index (χ4n) is 2.91. The topological polar surface area (TPSA) is 17.4 Å². The Labute approximate surface area is 129 Å². The van der Waals surface area contributed by atoms with Gasteiger partial charge < -0.3 is 14.2 Å². The molecule has 3 rings (SSSR count). The van der Waals surface area contributed by atoms with Gasteiger partial charge in [-0.15, -0.1) is 0 Å². The third-order valence-electron chi connectivity index (χ3n) is 4.91. The van der Waals surface area contributed by atoms with Crippen molar-refractivity contribution >= 4 is 26.6 Å². The number of hydrogen-bond donors (Lipinski definition) is 0. The van der Waals surface area contributed by atoms with Crippen molar-refractivity contribution in [2.24, 2.45) is 0 Å². The predicted octanol–water partition coefficient (Wildman–Crippen LogP) is 1.01. The lowest BCUT2D eigenvalue weighted by atomic mass is 9.57. The molecule has 0 aliphatic heterocycles. The number of ether oxygens (including phenoxy) is 1. The van der Waals surface area contributed by atoms with Gasteiger partial charge in [-0.05, 0) is 63.5 Å². The highest BCUT2D eigenvalue weighted by Gasteiger charge is 2.30. The molecule has 0 bridgehead atoms. The lowest BCUT2D eigenvalue weighted by molar-refractivity contribution is 0.254. The van der Waals surface area contributed by atoms with E-state index in [4.69, 9.17) is 4.74 Å². The van der Waals surface area contributed by atoms with Crippen LogP contribution in [0.4, 0.5) is 0 Å². The van der Waals surface area contributed by atoms with Crippen LogP contribution in [0.3, 0.4) is 0 Å². The molecule has 1 saturated carbocycles. The molecule has 1 heterocycles. The molecule has 0 saturated heterocycles. The van der Waals surface area contributed by atoms with Gasteiger partial charge in [-0.1, -0.05) is 0 Å². The first-order chi connectivity index (χ1) is 9.89. The van der Waals surface area contributed by atoms with Crippen LogP contribution in [0.25, 0.3) is 10.9 Å². The van der Waals surface area contributed by atoms with Crippen molar-refractivity contribution in [2.75, 3.05) is 14.1 Å². The number of likely N-dealkylation sites (N-methyl/N-ethyl adjacent to an activating group) is 1. The summed E-state index contributed by atoms with van der Waals surface area (Å²) in [6.45, 7) is 2.27. The summed E-state index contributed by atoms with van der Waals surface area (Å²) < 4.78 is 8.28. The summed E-state index contributed by atoms with van der Waals surface area (Å²) in [5.41, 5.74) is 1.27. The minimum absolute atomic E-state index is 0.0319. The Bertz CT molecular complexity index is 647. The largest absolute Gasteiger partial charge is 0.490 e. The molecule has 1 aromatic heterocycles. The number of hydrogen-bond acceptors (Lipinski definition) is 2. The summed E-state index contributed by atoms with van der Waals surface area (Å²) in [6, 6.07) is 9.10. The van der Waals surface area contributed by atoms with Crippen LogP contribution in [0.1, 0.15) is 19.8 Å². The van der Waals surface area contributed by atoms with Gasteiger partial charge in [0.2, 0.25) is 0 Å². The zero-order valence-corrected chi connectivity index (χ0v) is 13.8. The number of rotatable bonds is 5. The van der Waals surface area contributed by atoms with Gasteiger partial charge in [0, 0.05) is 23.1 Å². The second kappa shape index (κ2) is 5.13. The molecule has 0 amide bonds. The van der Waals surface area contributed by atoms with Crippen molar-refractivity contribution in [3.63, 3.8) is 0 Å². The zero-order valence-electron chi connectivity index (χ0n) is 13.8. The van der Waals surface area contributed by atoms with Crippen molar-refractivity contribution in [3.8, 4) is 5.75 Å². The van der Waals surface area contributed by atoms with Gasteiger partial charge in [-0.25, -0.2) is 0 Å². The Balaban J connectivity index is 1.95. The molecule has 0 N–H and O–H groups in total. The maximum Gasteiger partial charge on any atom is 0.126 e. The van der Waals surface area contributed by atoms with Crippen LogP contribution in [0.2, 0.25) is 0 Å². The third kappa shape index (κ3) is 2.71. The van der Waals surface area contributed by atoms with E-state index in [0.29, 0.717) is 12.1 Å². The van der Waals surface area contributed by atoms with E-state index >= 15 is 0 Å². The van der Waals surface area contributed by atoms with Crippen molar-refractivity contribution < 1.29 is 4.74 Å². The summed E-state index contributed by atoms with van der Waals surface area (Å²) in [4.78, 5) is 2.27. The van der Waals surface area contributed by atoms with E-state index in [-0.39, 0.29) is 5.34 Å². The number of benzene rings is 1. The molecule has 3 nitrogen and oxygen atoms in total. The average molecular weight is 282 g/mol. The lowest BCUT2D eigenvalue weighted by Gasteiger charge is -2.39. The summed E-state index contributed by atoms with van der Waals surface area (Å²) >= 11 is 0. The number of aromatic nitrogens is 1. The van der Waals surface area contributed by atoms with E-state index in [1.807, 2.05) is 0 Å². The highest BCUT2D eigenvalue weighted by atomic mass is 16.5. The Morgan fingerprint density at radius 1 is 1.29 bits per heavy atom. The molecule has 1 aromatic carbocycles. The summed E-state index contributed by atoms with van der Waals surface area (Å²) in [5, 5.41) is 1.29. The van der Waals surface area contributed by atoms with Gasteiger partial charge in [0.1, 0.15) is 21.4 Å². The van der Waals surface area contributed by atoms with E-state index in [2.05, 4.69) is 76.6 Å². The van der Waals surface area contributed by atoms with Crippen molar-refractivity contribution in [2.45, 2.75) is 37.2 Å². The Kier molecular flexibility index (Phi) is 3.56. The second-order valence-corrected chi connectivity index (χ2v) is 7.02. The van der Waals surface area contributed by atoms with Crippen LogP contribution in [0, 0.1) is 0 Å². The first-order valence-corrected chi connectivity index (χ1v) is 7.84. The molecule has 2 aromatic rings. The number of nitrogens with zero attached hydrogens (tertiary/aromatic N) is 2. The van der Waals surface area contributed by atoms with Gasteiger partial charge in [0.25, 0.3) is 0 Å². The lowest BCUT2D eigenvalue weighted by Crippen LogP contribution is -2.51. The highest BCUT2D eigenvalue weighted by Crippen LogP contribution is 2.31. The normalized spacial score (nSPS) is 17.3. The first kappa shape index (κ1) is 14.6. The SMILES string of the molecule is BC(B)([C@@H](C)N(C)C)n1ccc2cc(OC3CC3)ccc21. The van der Waals surface area contributed by atoms with E-state index in [1.54, 1.807) is 0 Å². The fraction of sp³-hybridized carbons (Fsp3) is 0.500. The van der Waals surface area contributed by atoms with Crippen LogP contribution < -0.4 is 4.74 Å². The first-order valence-electron chi connectivity index (χ1n) is 7.84. The molecule has 110 valence electrons. The van der Waals surface area contributed by atoms with E-state index in [9.17, 15) is 0 Å². The van der Waals surface area contributed by atoms with Gasteiger partial charge in [0.15, 0.2) is 0 Å². The van der Waals surface area contributed by atoms with Crippen molar-refractivity contribution in [1.82, 2.24) is 9.47 Å². The maximum atomic E-state index is 5.90. The number of fused-ring (bicyclic) bond motifs is 1. The highest BCUT2D eigenvalue weighted by molar-refractivity contribution is 6.38. The monoisotopic (exact) mass is 282 g/mol. The summed E-state index contributed by atoms with van der Waals surface area (Å²) in [5.74, 6) is 1.00. The van der Waals surface area contributed by atoms with E-state index in [1.165, 1.54) is 23.7 Å².